The van der Waals surface area contributed by atoms with Gasteiger partial charge in [-0.05, 0) is 80.1 Å². The Bertz CT molecular complexity index is 1250. The summed E-state index contributed by atoms with van der Waals surface area (Å²) in [5.74, 6) is -0.569. The number of amides is 1. The molecule has 3 aromatic rings. The van der Waals surface area contributed by atoms with Gasteiger partial charge in [0.2, 0.25) is 0 Å². The van der Waals surface area contributed by atoms with Gasteiger partial charge in [-0.2, -0.15) is 0 Å². The molecular formula is C27H24ClNO5. The third-order valence-electron chi connectivity index (χ3n) is 5.46. The molecule has 1 aliphatic rings. The van der Waals surface area contributed by atoms with E-state index in [9.17, 15) is 14.7 Å². The van der Waals surface area contributed by atoms with Gasteiger partial charge in [0.1, 0.15) is 17.3 Å². The summed E-state index contributed by atoms with van der Waals surface area (Å²) in [7, 11) is 1.55. The van der Waals surface area contributed by atoms with Crippen molar-refractivity contribution in [3.05, 3.63) is 94.5 Å². The standard InChI is InChI=1S/C27H24ClNO5/c1-16(2)34-22-6-4-5-18(15-22)24-23(25(30)17-7-9-19(28)10-8-17)26(31)27(32)29(24)20-11-13-21(33-3)14-12-20/h4-16,24,30H,1-3H3/b25-23-. The molecule has 1 unspecified atom stereocenters. The number of halogens is 1. The first-order valence-electron chi connectivity index (χ1n) is 10.8. The number of methoxy groups -OCH3 is 1. The molecule has 3 aromatic carbocycles. The Morgan fingerprint density at radius 2 is 1.65 bits per heavy atom. The van der Waals surface area contributed by atoms with Gasteiger partial charge in [0.05, 0.1) is 24.8 Å². The van der Waals surface area contributed by atoms with E-state index in [0.717, 1.165) is 0 Å². The maximum atomic E-state index is 13.3. The summed E-state index contributed by atoms with van der Waals surface area (Å²) < 4.78 is 11.1. The van der Waals surface area contributed by atoms with Gasteiger partial charge in [-0.25, -0.2) is 0 Å². The average Bonchev–Trinajstić information content (AvgIpc) is 3.09. The molecule has 1 fully saturated rings. The van der Waals surface area contributed by atoms with E-state index >= 15 is 0 Å². The van der Waals surface area contributed by atoms with Gasteiger partial charge in [-0.15, -0.1) is 0 Å². The second-order valence-electron chi connectivity index (χ2n) is 8.11. The molecule has 0 spiro atoms. The molecule has 0 saturated carbocycles. The van der Waals surface area contributed by atoms with E-state index in [4.69, 9.17) is 21.1 Å². The Labute approximate surface area is 203 Å². The monoisotopic (exact) mass is 477 g/mol. The number of nitrogens with zero attached hydrogens (tertiary/aromatic N) is 1. The Hall–Kier alpha value is -3.77. The van der Waals surface area contributed by atoms with Crippen LogP contribution >= 0.6 is 11.6 Å². The minimum absolute atomic E-state index is 0.00941. The highest BCUT2D eigenvalue weighted by Crippen LogP contribution is 2.43. The van der Waals surface area contributed by atoms with E-state index < -0.39 is 17.7 Å². The third kappa shape index (κ3) is 4.50. The van der Waals surface area contributed by atoms with Crippen LogP contribution in [0.25, 0.3) is 5.76 Å². The number of rotatable bonds is 6. The summed E-state index contributed by atoms with van der Waals surface area (Å²) in [6, 6.07) is 19.6. The lowest BCUT2D eigenvalue weighted by Gasteiger charge is -2.26. The van der Waals surface area contributed by atoms with Crippen molar-refractivity contribution in [1.29, 1.82) is 0 Å². The first kappa shape index (κ1) is 23.4. The zero-order valence-corrected chi connectivity index (χ0v) is 19.7. The lowest BCUT2D eigenvalue weighted by Crippen LogP contribution is -2.29. The van der Waals surface area contributed by atoms with Gasteiger partial charge in [-0.1, -0.05) is 23.7 Å². The second kappa shape index (κ2) is 9.61. The molecule has 1 N–H and O–H groups in total. The molecule has 34 heavy (non-hydrogen) atoms. The minimum Gasteiger partial charge on any atom is -0.507 e. The molecule has 0 aromatic heterocycles. The summed E-state index contributed by atoms with van der Waals surface area (Å²) in [6.07, 6.45) is -0.0581. The molecule has 1 amide bonds. The largest absolute Gasteiger partial charge is 0.507 e. The van der Waals surface area contributed by atoms with Crippen LogP contribution in [0.3, 0.4) is 0 Å². The molecule has 0 bridgehead atoms. The number of hydrogen-bond donors (Lipinski definition) is 1. The number of carbonyl (C=O) groups is 2. The van der Waals surface area contributed by atoms with Crippen molar-refractivity contribution in [2.45, 2.75) is 26.0 Å². The van der Waals surface area contributed by atoms with Crippen molar-refractivity contribution < 1.29 is 24.2 Å². The van der Waals surface area contributed by atoms with E-state index in [1.807, 2.05) is 19.9 Å². The first-order chi connectivity index (χ1) is 16.3. The predicted molar refractivity (Wildman–Crippen MR) is 131 cm³/mol. The zero-order valence-electron chi connectivity index (χ0n) is 19.0. The fourth-order valence-electron chi connectivity index (χ4n) is 3.95. The molecule has 1 heterocycles. The Morgan fingerprint density at radius 3 is 2.26 bits per heavy atom. The number of hydrogen-bond acceptors (Lipinski definition) is 5. The first-order valence-corrected chi connectivity index (χ1v) is 11.2. The quantitative estimate of drug-likeness (QED) is 0.277. The third-order valence-corrected chi connectivity index (χ3v) is 5.71. The van der Waals surface area contributed by atoms with Crippen LogP contribution in [-0.4, -0.2) is 30.0 Å². The number of ketones is 1. The van der Waals surface area contributed by atoms with Crippen molar-refractivity contribution in [2.75, 3.05) is 12.0 Å². The van der Waals surface area contributed by atoms with Gasteiger partial charge in [0.25, 0.3) is 11.7 Å². The molecule has 0 aliphatic carbocycles. The Kier molecular flexibility index (Phi) is 6.61. The van der Waals surface area contributed by atoms with Gasteiger partial charge >= 0.3 is 0 Å². The maximum Gasteiger partial charge on any atom is 0.300 e. The lowest BCUT2D eigenvalue weighted by atomic mass is 9.95. The average molecular weight is 478 g/mol. The molecule has 7 heteroatoms. The zero-order chi connectivity index (χ0) is 24.4. The van der Waals surface area contributed by atoms with Gasteiger partial charge in [0.15, 0.2) is 0 Å². The number of aliphatic hydroxyl groups excluding tert-OH is 1. The van der Waals surface area contributed by atoms with Crippen LogP contribution in [0, 0.1) is 0 Å². The van der Waals surface area contributed by atoms with E-state index in [0.29, 0.717) is 33.3 Å². The summed E-state index contributed by atoms with van der Waals surface area (Å²) in [5, 5.41) is 11.7. The number of Topliss-reactive ketones (excluding diaryl/α,β-unsaturated/α-hetero) is 1. The van der Waals surface area contributed by atoms with Gasteiger partial charge < -0.3 is 14.6 Å². The number of carbonyl (C=O) groups excluding carboxylic acids is 2. The van der Waals surface area contributed by atoms with Crippen molar-refractivity contribution in [2.24, 2.45) is 0 Å². The molecule has 0 radical (unpaired) electrons. The number of benzene rings is 3. The van der Waals surface area contributed by atoms with Crippen LogP contribution in [0.15, 0.2) is 78.4 Å². The highest BCUT2D eigenvalue weighted by atomic mass is 35.5. The molecule has 4 rings (SSSR count). The van der Waals surface area contributed by atoms with Gasteiger partial charge in [-0.3, -0.25) is 14.5 Å². The van der Waals surface area contributed by atoms with E-state index in [1.165, 1.54) is 4.90 Å². The summed E-state index contributed by atoms with van der Waals surface area (Å²) in [4.78, 5) is 27.9. The topological polar surface area (TPSA) is 76.1 Å². The van der Waals surface area contributed by atoms with E-state index in [2.05, 4.69) is 0 Å². The smallest absolute Gasteiger partial charge is 0.300 e. The highest BCUT2D eigenvalue weighted by molar-refractivity contribution is 6.51. The van der Waals surface area contributed by atoms with Crippen LogP contribution < -0.4 is 14.4 Å². The molecule has 174 valence electrons. The van der Waals surface area contributed by atoms with Crippen molar-refractivity contribution in [3.8, 4) is 11.5 Å². The van der Waals surface area contributed by atoms with E-state index in [-0.39, 0.29) is 17.4 Å². The molecule has 1 atom stereocenters. The van der Waals surface area contributed by atoms with Crippen LogP contribution in [0.2, 0.25) is 5.02 Å². The van der Waals surface area contributed by atoms with Crippen LogP contribution in [0.5, 0.6) is 11.5 Å². The number of ether oxygens (including phenoxy) is 2. The summed E-state index contributed by atoms with van der Waals surface area (Å²) in [6.45, 7) is 3.83. The Balaban J connectivity index is 1.91. The number of anilines is 1. The molecule has 1 saturated heterocycles. The minimum atomic E-state index is -0.861. The predicted octanol–water partition coefficient (Wildman–Crippen LogP) is 5.76. The maximum absolute atomic E-state index is 13.3. The SMILES string of the molecule is COc1ccc(N2C(=O)C(=O)/C(=C(\O)c3ccc(Cl)cc3)C2c2cccc(OC(C)C)c2)cc1. The van der Waals surface area contributed by atoms with Crippen molar-refractivity contribution in [1.82, 2.24) is 0 Å². The highest BCUT2D eigenvalue weighted by Gasteiger charge is 2.47. The fourth-order valence-corrected chi connectivity index (χ4v) is 4.08. The Morgan fingerprint density at radius 1 is 0.971 bits per heavy atom. The lowest BCUT2D eigenvalue weighted by molar-refractivity contribution is -0.132. The summed E-state index contributed by atoms with van der Waals surface area (Å²) in [5.41, 5.74) is 1.50. The molecular weight excluding hydrogens is 454 g/mol. The van der Waals surface area contributed by atoms with Gasteiger partial charge in [0, 0.05) is 16.3 Å². The van der Waals surface area contributed by atoms with Crippen LogP contribution in [-0.2, 0) is 9.59 Å². The van der Waals surface area contributed by atoms with Crippen LogP contribution in [0.4, 0.5) is 5.69 Å². The second-order valence-corrected chi connectivity index (χ2v) is 8.55. The molecule has 6 nitrogen and oxygen atoms in total. The van der Waals surface area contributed by atoms with Crippen molar-refractivity contribution in [3.63, 3.8) is 0 Å². The number of aliphatic hydroxyl groups is 1. The fraction of sp³-hybridized carbons (Fsp3) is 0.185. The van der Waals surface area contributed by atoms with Crippen LogP contribution in [0.1, 0.15) is 31.0 Å². The molecule has 1 aliphatic heterocycles. The summed E-state index contributed by atoms with van der Waals surface area (Å²) >= 11 is 5.99. The van der Waals surface area contributed by atoms with E-state index in [1.54, 1.807) is 73.8 Å². The normalized spacial score (nSPS) is 17.3. The van der Waals surface area contributed by atoms with Crippen molar-refractivity contribution >= 4 is 34.7 Å².